The third-order valence-corrected chi connectivity index (χ3v) is 8.16. The summed E-state index contributed by atoms with van der Waals surface area (Å²) in [5, 5.41) is 70.9. The van der Waals surface area contributed by atoms with Gasteiger partial charge in [0.25, 0.3) is 0 Å². The Labute approximate surface area is 295 Å². The van der Waals surface area contributed by atoms with E-state index in [1.807, 2.05) is 0 Å². The number of aliphatic hydroxyl groups excluding tert-OH is 7. The molecule has 0 radical (unpaired) electrons. The van der Waals surface area contributed by atoms with Gasteiger partial charge in [0.2, 0.25) is 0 Å². The van der Waals surface area contributed by atoms with E-state index >= 15 is 0 Å². The zero-order valence-electron chi connectivity index (χ0n) is 29.4. The molecule has 2 aliphatic rings. The van der Waals surface area contributed by atoms with Gasteiger partial charge in [0.05, 0.1) is 26.4 Å². The van der Waals surface area contributed by atoms with Gasteiger partial charge < -0.3 is 64.2 Å². The lowest BCUT2D eigenvalue weighted by Crippen LogP contribution is -2.61. The smallest absolute Gasteiger partial charge is 0.305 e. The largest absolute Gasteiger partial charge is 0.457 e. The van der Waals surface area contributed by atoms with E-state index in [0.29, 0.717) is 6.61 Å². The Morgan fingerprint density at radius 1 is 0.660 bits per heavy atom. The monoisotopic (exact) mass is 716 g/mol. The van der Waals surface area contributed by atoms with Gasteiger partial charge in [0, 0.05) is 13.0 Å². The number of hydrogen-bond donors (Lipinski definition) is 7. The number of ether oxygens (including phenoxy) is 6. The van der Waals surface area contributed by atoms with Crippen LogP contribution in [-0.2, 0) is 33.2 Å². The number of aliphatic hydroxyl groups is 7. The maximum absolute atomic E-state index is 12.0. The number of hydrogen-bond acceptors (Lipinski definition) is 14. The maximum Gasteiger partial charge on any atom is 0.305 e. The van der Waals surface area contributed by atoms with Crippen LogP contribution in [0.2, 0.25) is 0 Å². The highest BCUT2D eigenvalue weighted by atomic mass is 16.7. The molecule has 0 spiro atoms. The van der Waals surface area contributed by atoms with E-state index in [1.54, 1.807) is 6.92 Å². The van der Waals surface area contributed by atoms with E-state index in [4.69, 9.17) is 28.4 Å². The molecule has 50 heavy (non-hydrogen) atoms. The fourth-order valence-corrected chi connectivity index (χ4v) is 5.13. The molecule has 0 bridgehead atoms. The van der Waals surface area contributed by atoms with Crippen LogP contribution < -0.4 is 0 Å². The summed E-state index contributed by atoms with van der Waals surface area (Å²) in [6, 6.07) is 0. The van der Waals surface area contributed by atoms with E-state index in [1.165, 1.54) is 0 Å². The minimum absolute atomic E-state index is 0.0280. The fourth-order valence-electron chi connectivity index (χ4n) is 5.13. The summed E-state index contributed by atoms with van der Waals surface area (Å²) >= 11 is 0. The second kappa shape index (κ2) is 25.8. The van der Waals surface area contributed by atoms with Crippen molar-refractivity contribution < 1.29 is 69.0 Å². The van der Waals surface area contributed by atoms with Crippen LogP contribution in [0.5, 0.6) is 0 Å². The Bertz CT molecular complexity index is 1020. The Kier molecular flexibility index (Phi) is 22.8. The summed E-state index contributed by atoms with van der Waals surface area (Å²) in [6.45, 7) is 2.84. The molecule has 2 saturated heterocycles. The van der Waals surface area contributed by atoms with Crippen LogP contribution in [0.3, 0.4) is 0 Å². The highest BCUT2D eigenvalue weighted by Crippen LogP contribution is 2.26. The molecule has 0 saturated carbocycles. The molecule has 2 rings (SSSR count). The molecule has 14 nitrogen and oxygen atoms in total. The van der Waals surface area contributed by atoms with Crippen molar-refractivity contribution in [2.75, 3.05) is 33.0 Å². The predicted molar refractivity (Wildman–Crippen MR) is 183 cm³/mol. The van der Waals surface area contributed by atoms with Crippen LogP contribution in [0.1, 0.15) is 71.6 Å². The van der Waals surface area contributed by atoms with Gasteiger partial charge in [-0.05, 0) is 44.9 Å². The highest BCUT2D eigenvalue weighted by molar-refractivity contribution is 5.69. The second-order valence-corrected chi connectivity index (χ2v) is 12.3. The Morgan fingerprint density at radius 2 is 1.22 bits per heavy atom. The van der Waals surface area contributed by atoms with Crippen LogP contribution in [0.25, 0.3) is 0 Å². The minimum atomic E-state index is -1.71. The number of unbranched alkanes of at least 4 members (excludes halogenated alkanes) is 3. The summed E-state index contributed by atoms with van der Waals surface area (Å²) in [7, 11) is 0. The first kappa shape index (κ1) is 44.1. The molecule has 0 aliphatic carbocycles. The van der Waals surface area contributed by atoms with Gasteiger partial charge in [-0.3, -0.25) is 4.79 Å². The lowest BCUT2D eigenvalue weighted by molar-refractivity contribution is -0.332. The number of allylic oxidation sites excluding steroid dienone is 8. The predicted octanol–water partition coefficient (Wildman–Crippen LogP) is 1.33. The van der Waals surface area contributed by atoms with E-state index < -0.39 is 86.7 Å². The fraction of sp³-hybridized carbons (Fsp3) is 0.750. The van der Waals surface area contributed by atoms with Crippen LogP contribution in [0, 0.1) is 0 Å². The Hall–Kier alpha value is -2.05. The molecule has 2 aliphatic heterocycles. The van der Waals surface area contributed by atoms with Gasteiger partial charge in [-0.1, -0.05) is 68.9 Å². The average molecular weight is 717 g/mol. The van der Waals surface area contributed by atoms with Gasteiger partial charge in [-0.2, -0.15) is 0 Å². The van der Waals surface area contributed by atoms with Gasteiger partial charge >= 0.3 is 5.97 Å². The molecule has 14 heteroatoms. The number of carbonyl (C=O) groups excluding carboxylic acids is 1. The molecular formula is C36H60O14. The molecule has 0 aromatic heterocycles. The average Bonchev–Trinajstić information content (AvgIpc) is 3.12. The molecule has 2 fully saturated rings. The lowest BCUT2D eigenvalue weighted by atomic mass is 9.98. The van der Waals surface area contributed by atoms with Crippen molar-refractivity contribution >= 4 is 5.97 Å². The zero-order valence-corrected chi connectivity index (χ0v) is 29.4. The summed E-state index contributed by atoms with van der Waals surface area (Å²) in [5.74, 6) is -0.480. The van der Waals surface area contributed by atoms with E-state index in [2.05, 4.69) is 55.5 Å². The van der Waals surface area contributed by atoms with E-state index in [-0.39, 0.29) is 19.6 Å². The van der Waals surface area contributed by atoms with Crippen molar-refractivity contribution in [1.82, 2.24) is 0 Å². The van der Waals surface area contributed by atoms with Crippen LogP contribution in [-0.4, -0.2) is 142 Å². The van der Waals surface area contributed by atoms with Gasteiger partial charge in [0.1, 0.15) is 54.9 Å². The van der Waals surface area contributed by atoms with E-state index in [9.17, 15) is 40.5 Å². The number of carbonyl (C=O) groups is 1. The molecule has 0 aromatic carbocycles. The second-order valence-electron chi connectivity index (χ2n) is 12.3. The standard InChI is InChI=1S/C36H60O14/c1-3-5-6-7-8-9-10-11-12-13-14-15-16-17-18-19-20-45-22-25(48-28(38)4-2)23-46-35-34(44)32(42)30(40)27(50-35)24-47-36-33(43)31(41)29(39)26(21-37)49-36/h5-6,8-9,11-12,14-15,25-27,29-37,39-44H,3-4,7,10,13,16-24H2,1-2H3/b6-5-,9-8-,12-11-,15-14-. The van der Waals surface area contributed by atoms with Crippen molar-refractivity contribution in [3.05, 3.63) is 48.6 Å². The first-order valence-corrected chi connectivity index (χ1v) is 17.7. The first-order chi connectivity index (χ1) is 24.1. The first-order valence-electron chi connectivity index (χ1n) is 17.7. The number of rotatable bonds is 24. The molecule has 0 amide bonds. The van der Waals surface area contributed by atoms with Crippen molar-refractivity contribution in [2.24, 2.45) is 0 Å². The molecule has 2 heterocycles. The molecule has 11 unspecified atom stereocenters. The SMILES string of the molecule is CC/C=C\C/C=C\C/C=C\C/C=C\CCCCCOCC(COC1OC(COC2OC(CO)C(O)C(O)C2O)C(O)C(O)C1O)OC(=O)CC. The zero-order chi connectivity index (χ0) is 36.7. The van der Waals surface area contributed by atoms with Crippen molar-refractivity contribution in [1.29, 1.82) is 0 Å². The topological polar surface area (TPSA) is 214 Å². The molecule has 11 atom stereocenters. The van der Waals surface area contributed by atoms with E-state index in [0.717, 1.165) is 51.4 Å². The van der Waals surface area contributed by atoms with Crippen molar-refractivity contribution in [3.8, 4) is 0 Å². The minimum Gasteiger partial charge on any atom is -0.457 e. The van der Waals surface area contributed by atoms with Crippen molar-refractivity contribution in [2.45, 2.75) is 139 Å². The van der Waals surface area contributed by atoms with Crippen LogP contribution in [0.4, 0.5) is 0 Å². The normalized spacial score (nSPS) is 31.4. The molecule has 0 aromatic rings. The summed E-state index contributed by atoms with van der Waals surface area (Å²) in [4.78, 5) is 12.0. The Morgan fingerprint density at radius 3 is 1.82 bits per heavy atom. The van der Waals surface area contributed by atoms with Crippen molar-refractivity contribution in [3.63, 3.8) is 0 Å². The lowest BCUT2D eigenvalue weighted by Gasteiger charge is -2.42. The molecular weight excluding hydrogens is 656 g/mol. The quantitative estimate of drug-likeness (QED) is 0.0427. The summed E-state index contributed by atoms with van der Waals surface area (Å²) in [5.41, 5.74) is 0. The third-order valence-electron chi connectivity index (χ3n) is 8.16. The summed E-state index contributed by atoms with van der Waals surface area (Å²) < 4.78 is 33.2. The molecule has 7 N–H and O–H groups in total. The van der Waals surface area contributed by atoms with Crippen LogP contribution >= 0.6 is 0 Å². The maximum atomic E-state index is 12.0. The summed E-state index contributed by atoms with van der Waals surface area (Å²) in [6.07, 6.45) is 8.90. The Balaban J connectivity index is 1.72. The van der Waals surface area contributed by atoms with Crippen LogP contribution in [0.15, 0.2) is 48.6 Å². The van der Waals surface area contributed by atoms with Gasteiger partial charge in [-0.25, -0.2) is 0 Å². The third kappa shape index (κ3) is 16.1. The highest BCUT2D eigenvalue weighted by Gasteiger charge is 2.47. The van der Waals surface area contributed by atoms with Gasteiger partial charge in [-0.15, -0.1) is 0 Å². The molecule has 288 valence electrons. The number of esters is 1. The van der Waals surface area contributed by atoms with Gasteiger partial charge in [0.15, 0.2) is 12.6 Å².